The molecule has 25 heavy (non-hydrogen) atoms. The van der Waals surface area contributed by atoms with E-state index in [1.54, 1.807) is 4.90 Å². The third kappa shape index (κ3) is 4.21. The number of benzene rings is 1. The van der Waals surface area contributed by atoms with E-state index in [2.05, 4.69) is 19.2 Å². The Kier molecular flexibility index (Phi) is 5.74. The lowest BCUT2D eigenvalue weighted by molar-refractivity contribution is -0.122. The second kappa shape index (κ2) is 8.00. The van der Waals surface area contributed by atoms with E-state index in [1.807, 2.05) is 24.3 Å². The molecule has 2 amide bonds. The molecular formula is C20H28N2O3. The van der Waals surface area contributed by atoms with E-state index in [0.717, 1.165) is 37.0 Å². The van der Waals surface area contributed by atoms with E-state index in [-0.39, 0.29) is 24.5 Å². The van der Waals surface area contributed by atoms with Crippen LogP contribution in [0, 0.1) is 11.8 Å². The predicted molar refractivity (Wildman–Crippen MR) is 96.4 cm³/mol. The molecule has 3 rings (SSSR count). The minimum absolute atomic E-state index is 0.0435. The summed E-state index contributed by atoms with van der Waals surface area (Å²) in [5, 5.41) is 3.02. The minimum atomic E-state index is -0.0826. The lowest BCUT2D eigenvalue weighted by atomic mass is 9.87. The van der Waals surface area contributed by atoms with Crippen molar-refractivity contribution in [1.82, 2.24) is 10.2 Å². The minimum Gasteiger partial charge on any atom is -0.378 e. The molecule has 5 heteroatoms. The topological polar surface area (TPSA) is 58.6 Å². The summed E-state index contributed by atoms with van der Waals surface area (Å²) in [6, 6.07) is 7.65. The average Bonchev–Trinajstić information content (AvgIpc) is 2.63. The lowest BCUT2D eigenvalue weighted by Crippen LogP contribution is -2.47. The van der Waals surface area contributed by atoms with Crippen molar-refractivity contribution in [3.8, 4) is 0 Å². The summed E-state index contributed by atoms with van der Waals surface area (Å²) in [5.41, 5.74) is 1.80. The van der Waals surface area contributed by atoms with Gasteiger partial charge in [-0.15, -0.1) is 0 Å². The van der Waals surface area contributed by atoms with Gasteiger partial charge in [-0.3, -0.25) is 9.59 Å². The molecule has 0 aliphatic carbocycles. The molecule has 2 atom stereocenters. The summed E-state index contributed by atoms with van der Waals surface area (Å²) in [6.45, 7) is 6.50. The van der Waals surface area contributed by atoms with Crippen molar-refractivity contribution in [3.63, 3.8) is 0 Å². The van der Waals surface area contributed by atoms with Gasteiger partial charge in [0.15, 0.2) is 0 Å². The van der Waals surface area contributed by atoms with Gasteiger partial charge in [-0.25, -0.2) is 0 Å². The smallest absolute Gasteiger partial charge is 0.254 e. The van der Waals surface area contributed by atoms with Gasteiger partial charge in [0.1, 0.15) is 0 Å². The number of fused-ring (bicyclic) bond motifs is 1. The number of rotatable bonds is 5. The first-order valence-electron chi connectivity index (χ1n) is 9.31. The third-order valence-corrected chi connectivity index (χ3v) is 5.23. The molecule has 1 aromatic rings. The first kappa shape index (κ1) is 17.9. The Morgan fingerprint density at radius 1 is 1.36 bits per heavy atom. The number of hydrogen-bond acceptors (Lipinski definition) is 3. The van der Waals surface area contributed by atoms with Crippen LogP contribution in [0.1, 0.15) is 42.6 Å². The molecule has 1 fully saturated rings. The summed E-state index contributed by atoms with van der Waals surface area (Å²) in [6.07, 6.45) is 3.14. The Hall–Kier alpha value is -1.88. The van der Waals surface area contributed by atoms with Crippen molar-refractivity contribution < 1.29 is 14.3 Å². The van der Waals surface area contributed by atoms with Gasteiger partial charge in [-0.1, -0.05) is 32.0 Å². The Morgan fingerprint density at radius 3 is 2.96 bits per heavy atom. The monoisotopic (exact) mass is 344 g/mol. The molecule has 0 spiro atoms. The van der Waals surface area contributed by atoms with Gasteiger partial charge < -0.3 is 15.0 Å². The van der Waals surface area contributed by atoms with Crippen LogP contribution >= 0.6 is 0 Å². The molecule has 0 unspecified atom stereocenters. The predicted octanol–water partition coefficient (Wildman–Crippen LogP) is 2.25. The maximum Gasteiger partial charge on any atom is 0.254 e. The Morgan fingerprint density at radius 2 is 2.16 bits per heavy atom. The fourth-order valence-electron chi connectivity index (χ4n) is 3.92. The molecule has 2 aliphatic heterocycles. The van der Waals surface area contributed by atoms with E-state index in [4.69, 9.17) is 4.74 Å². The quantitative estimate of drug-likeness (QED) is 0.891. The second-order valence-corrected chi connectivity index (χ2v) is 7.42. The highest BCUT2D eigenvalue weighted by atomic mass is 16.5. The Balaban J connectivity index is 1.52. The number of carbonyl (C=O) groups excluding carboxylic acids is 2. The maximum atomic E-state index is 12.5. The molecule has 0 bridgehead atoms. The van der Waals surface area contributed by atoms with E-state index >= 15 is 0 Å². The first-order chi connectivity index (χ1) is 12.1. The highest BCUT2D eigenvalue weighted by molar-refractivity contribution is 5.98. The van der Waals surface area contributed by atoms with Crippen molar-refractivity contribution in [3.05, 3.63) is 35.4 Å². The molecule has 0 saturated carbocycles. The van der Waals surface area contributed by atoms with E-state index in [0.29, 0.717) is 24.9 Å². The number of hydrogen-bond donors (Lipinski definition) is 1. The zero-order valence-electron chi connectivity index (χ0n) is 15.2. The molecule has 5 nitrogen and oxygen atoms in total. The van der Waals surface area contributed by atoms with E-state index in [9.17, 15) is 9.59 Å². The zero-order valence-corrected chi connectivity index (χ0v) is 15.2. The molecular weight excluding hydrogens is 316 g/mol. The van der Waals surface area contributed by atoms with Crippen molar-refractivity contribution >= 4 is 11.8 Å². The Bertz CT molecular complexity index is 629. The number of ether oxygens (including phenoxy) is 1. The SMILES string of the molecule is CC(C)[C@H]1OCCC[C@@H]1CNC(=O)CN1CCc2ccccc2C1=O. The second-order valence-electron chi connectivity index (χ2n) is 7.42. The number of nitrogens with zero attached hydrogens (tertiary/aromatic N) is 1. The zero-order chi connectivity index (χ0) is 17.8. The average molecular weight is 344 g/mol. The normalized spacial score (nSPS) is 23.5. The van der Waals surface area contributed by atoms with Crippen molar-refractivity contribution in [2.45, 2.75) is 39.2 Å². The Labute approximate surface area is 149 Å². The molecule has 1 saturated heterocycles. The molecule has 0 aromatic heterocycles. The van der Waals surface area contributed by atoms with Crippen LogP contribution in [-0.4, -0.2) is 49.1 Å². The fraction of sp³-hybridized carbons (Fsp3) is 0.600. The van der Waals surface area contributed by atoms with Crippen molar-refractivity contribution in [1.29, 1.82) is 0 Å². The van der Waals surface area contributed by atoms with Crippen molar-refractivity contribution in [2.24, 2.45) is 11.8 Å². The van der Waals surface area contributed by atoms with Crippen LogP contribution in [0.15, 0.2) is 24.3 Å². The van der Waals surface area contributed by atoms with Crippen LogP contribution in [0.3, 0.4) is 0 Å². The highest BCUT2D eigenvalue weighted by Crippen LogP contribution is 2.25. The van der Waals surface area contributed by atoms with Crippen LogP contribution < -0.4 is 5.32 Å². The van der Waals surface area contributed by atoms with E-state index < -0.39 is 0 Å². The lowest BCUT2D eigenvalue weighted by Gasteiger charge is -2.34. The van der Waals surface area contributed by atoms with Gasteiger partial charge in [0, 0.05) is 31.2 Å². The molecule has 1 N–H and O–H groups in total. The summed E-state index contributed by atoms with van der Waals surface area (Å²) in [4.78, 5) is 26.5. The van der Waals surface area contributed by atoms with E-state index in [1.165, 1.54) is 0 Å². The van der Waals surface area contributed by atoms with Gasteiger partial charge in [0.05, 0.1) is 12.6 Å². The van der Waals surface area contributed by atoms with Gasteiger partial charge in [0.25, 0.3) is 5.91 Å². The van der Waals surface area contributed by atoms with Gasteiger partial charge in [0.2, 0.25) is 5.91 Å². The van der Waals surface area contributed by atoms with Crippen LogP contribution in [0.5, 0.6) is 0 Å². The summed E-state index contributed by atoms with van der Waals surface area (Å²) >= 11 is 0. The van der Waals surface area contributed by atoms with Gasteiger partial charge in [-0.05, 0) is 36.8 Å². The first-order valence-corrected chi connectivity index (χ1v) is 9.31. The number of carbonyl (C=O) groups is 2. The summed E-state index contributed by atoms with van der Waals surface area (Å²) in [5.74, 6) is 0.678. The molecule has 0 radical (unpaired) electrons. The van der Waals surface area contributed by atoms with Gasteiger partial charge >= 0.3 is 0 Å². The van der Waals surface area contributed by atoms with Crippen LogP contribution in [0.2, 0.25) is 0 Å². The molecule has 2 heterocycles. The summed E-state index contributed by atoms with van der Waals surface area (Å²) in [7, 11) is 0. The van der Waals surface area contributed by atoms with Crippen LogP contribution in [0.25, 0.3) is 0 Å². The molecule has 1 aromatic carbocycles. The van der Waals surface area contributed by atoms with Crippen molar-refractivity contribution in [2.75, 3.05) is 26.2 Å². The molecule has 2 aliphatic rings. The largest absolute Gasteiger partial charge is 0.378 e. The van der Waals surface area contributed by atoms with Crippen LogP contribution in [0.4, 0.5) is 0 Å². The third-order valence-electron chi connectivity index (χ3n) is 5.23. The molecule has 136 valence electrons. The van der Waals surface area contributed by atoms with Gasteiger partial charge in [-0.2, -0.15) is 0 Å². The summed E-state index contributed by atoms with van der Waals surface area (Å²) < 4.78 is 5.87. The number of amides is 2. The number of nitrogens with one attached hydrogen (secondary N) is 1. The maximum absolute atomic E-state index is 12.5. The standard InChI is InChI=1S/C20H28N2O3/c1-14(2)19-16(7-5-11-25-19)12-21-18(23)13-22-10-9-15-6-3-4-8-17(15)20(22)24/h3-4,6,8,14,16,19H,5,7,9-13H2,1-2H3,(H,21,23)/t16-,19-/m1/s1. The highest BCUT2D eigenvalue weighted by Gasteiger charge is 2.29. The fourth-order valence-corrected chi connectivity index (χ4v) is 3.92. The van der Waals surface area contributed by atoms with Crippen LogP contribution in [-0.2, 0) is 16.0 Å².